The maximum Gasteiger partial charge on any atom is 0.416 e. The number of amidine groups is 1. The summed E-state index contributed by atoms with van der Waals surface area (Å²) >= 11 is 1.56. The number of thioether (sulfide) groups is 1. The third-order valence-corrected chi connectivity index (χ3v) is 7.15. The number of hydrogen-bond donors (Lipinski definition) is 1. The molecule has 1 saturated carbocycles. The highest BCUT2D eigenvalue weighted by atomic mass is 35.5. The fourth-order valence-corrected chi connectivity index (χ4v) is 5.48. The molecule has 1 aromatic rings. The molecule has 1 N–H and O–H groups in total. The Morgan fingerprint density at radius 2 is 1.66 bits per heavy atom. The minimum Gasteiger partial charge on any atom is -0.347 e. The van der Waals surface area contributed by atoms with E-state index in [1.807, 2.05) is 0 Å². The zero-order valence-corrected chi connectivity index (χ0v) is 21.0. The van der Waals surface area contributed by atoms with Gasteiger partial charge in [-0.25, -0.2) is 0 Å². The molecule has 2 aliphatic rings. The molecule has 0 radical (unpaired) electrons. The van der Waals surface area contributed by atoms with Gasteiger partial charge in [0.1, 0.15) is 0 Å². The number of unbranched alkanes of at least 4 members (excludes halogenated alkanes) is 1. The van der Waals surface area contributed by atoms with Crippen LogP contribution in [0.4, 0.5) is 32.0 Å². The van der Waals surface area contributed by atoms with Crippen molar-refractivity contribution in [1.82, 2.24) is 4.90 Å². The highest BCUT2D eigenvalue weighted by molar-refractivity contribution is 8.14. The van der Waals surface area contributed by atoms with Crippen molar-refractivity contribution in [2.45, 2.75) is 82.7 Å². The van der Waals surface area contributed by atoms with Crippen molar-refractivity contribution < 1.29 is 31.1 Å². The normalized spacial score (nSPS) is 20.7. The SMILES string of the molecule is CCCCN1C(=NC2CCCCC2)SCC1CC(=O)Nc1cc(C(F)(F)F)cc(C(F)(F)F)c1.Cl. The van der Waals surface area contributed by atoms with E-state index in [4.69, 9.17) is 4.99 Å². The third-order valence-electron chi connectivity index (χ3n) is 6.00. The largest absolute Gasteiger partial charge is 0.416 e. The number of amides is 1. The van der Waals surface area contributed by atoms with Crippen LogP contribution in [0.15, 0.2) is 23.2 Å². The zero-order valence-electron chi connectivity index (χ0n) is 19.3. The Morgan fingerprint density at radius 3 is 2.20 bits per heavy atom. The number of alkyl halides is 6. The number of rotatable bonds is 7. The molecule has 1 amide bonds. The molecule has 35 heavy (non-hydrogen) atoms. The lowest BCUT2D eigenvalue weighted by molar-refractivity contribution is -0.143. The maximum absolute atomic E-state index is 13.1. The third kappa shape index (κ3) is 8.48. The molecule has 1 aliphatic carbocycles. The van der Waals surface area contributed by atoms with E-state index < -0.39 is 35.1 Å². The van der Waals surface area contributed by atoms with Crippen molar-refractivity contribution in [3.05, 3.63) is 29.3 Å². The standard InChI is InChI=1S/C23H29F6N3OS.ClH/c1-2-3-9-32-19(14-34-21(32)31-17-7-5-4-6-8-17)13-20(33)30-18-11-15(22(24,25)26)10-16(12-18)23(27,28)29;/h10-12,17,19H,2-9,13-14H2,1H3,(H,30,33);1H. The minimum absolute atomic E-state index is 0. The summed E-state index contributed by atoms with van der Waals surface area (Å²) in [6.45, 7) is 2.75. The van der Waals surface area contributed by atoms with E-state index in [0.29, 0.717) is 24.4 Å². The quantitative estimate of drug-likeness (QED) is 0.364. The minimum atomic E-state index is -4.97. The van der Waals surface area contributed by atoms with Crippen LogP contribution in [-0.4, -0.2) is 40.4 Å². The molecule has 2 fully saturated rings. The number of carbonyl (C=O) groups is 1. The first-order valence-electron chi connectivity index (χ1n) is 11.5. The average molecular weight is 546 g/mol. The molecular weight excluding hydrogens is 516 g/mol. The smallest absolute Gasteiger partial charge is 0.347 e. The molecule has 4 nitrogen and oxygen atoms in total. The maximum atomic E-state index is 13.1. The predicted molar refractivity (Wildman–Crippen MR) is 129 cm³/mol. The van der Waals surface area contributed by atoms with E-state index in [9.17, 15) is 31.1 Å². The zero-order chi connectivity index (χ0) is 24.9. The molecule has 1 unspecified atom stereocenters. The van der Waals surface area contributed by atoms with E-state index >= 15 is 0 Å². The highest BCUT2D eigenvalue weighted by Gasteiger charge is 2.37. The van der Waals surface area contributed by atoms with Crippen molar-refractivity contribution in [2.24, 2.45) is 4.99 Å². The van der Waals surface area contributed by atoms with Crippen molar-refractivity contribution in [3.63, 3.8) is 0 Å². The summed E-state index contributed by atoms with van der Waals surface area (Å²) in [4.78, 5) is 19.6. The van der Waals surface area contributed by atoms with E-state index in [1.165, 1.54) is 6.42 Å². The Kier molecular flexibility index (Phi) is 10.6. The van der Waals surface area contributed by atoms with Gasteiger partial charge in [0.15, 0.2) is 5.17 Å². The van der Waals surface area contributed by atoms with Crippen molar-refractivity contribution in [1.29, 1.82) is 0 Å². The Hall–Kier alpha value is -1.62. The second-order valence-electron chi connectivity index (χ2n) is 8.76. The summed E-state index contributed by atoms with van der Waals surface area (Å²) in [5.74, 6) is -0.0301. The van der Waals surface area contributed by atoms with Gasteiger partial charge in [0.05, 0.1) is 17.2 Å². The summed E-state index contributed by atoms with van der Waals surface area (Å²) in [5.41, 5.74) is -3.44. The van der Waals surface area contributed by atoms with Gasteiger partial charge in [-0.1, -0.05) is 44.4 Å². The van der Waals surface area contributed by atoms with Gasteiger partial charge in [-0.3, -0.25) is 9.79 Å². The van der Waals surface area contributed by atoms with Gasteiger partial charge in [-0.2, -0.15) is 26.3 Å². The van der Waals surface area contributed by atoms with Crippen LogP contribution < -0.4 is 5.32 Å². The van der Waals surface area contributed by atoms with Gasteiger partial charge in [-0.05, 0) is 37.5 Å². The number of benzene rings is 1. The van der Waals surface area contributed by atoms with Crippen LogP contribution in [0.1, 0.15) is 69.4 Å². The van der Waals surface area contributed by atoms with Gasteiger partial charge in [0, 0.05) is 30.4 Å². The van der Waals surface area contributed by atoms with E-state index in [1.54, 1.807) is 11.8 Å². The number of aliphatic imine (C=N–C) groups is 1. The first-order valence-corrected chi connectivity index (χ1v) is 12.5. The van der Waals surface area contributed by atoms with Crippen molar-refractivity contribution in [2.75, 3.05) is 17.6 Å². The molecule has 1 heterocycles. The van der Waals surface area contributed by atoms with Crippen LogP contribution in [0.2, 0.25) is 0 Å². The lowest BCUT2D eigenvalue weighted by Gasteiger charge is -2.27. The molecule has 1 aliphatic heterocycles. The van der Waals surface area contributed by atoms with Crippen LogP contribution in [-0.2, 0) is 17.1 Å². The van der Waals surface area contributed by atoms with Crippen LogP contribution >= 0.6 is 24.2 Å². The number of nitrogens with one attached hydrogen (secondary N) is 1. The Bertz CT molecular complexity index is 855. The second kappa shape index (κ2) is 12.6. The Morgan fingerprint density at radius 1 is 1.06 bits per heavy atom. The lowest BCUT2D eigenvalue weighted by Crippen LogP contribution is -2.38. The molecule has 12 heteroatoms. The summed E-state index contributed by atoms with van der Waals surface area (Å²) < 4.78 is 78.6. The number of anilines is 1. The summed E-state index contributed by atoms with van der Waals surface area (Å²) in [5, 5.41) is 3.14. The average Bonchev–Trinajstić information content (AvgIpc) is 3.12. The molecule has 0 bridgehead atoms. The molecule has 1 atom stereocenters. The fraction of sp³-hybridized carbons (Fsp3) is 0.652. The molecule has 1 aromatic carbocycles. The lowest BCUT2D eigenvalue weighted by atomic mass is 9.96. The fourth-order valence-electron chi connectivity index (χ4n) is 4.21. The van der Waals surface area contributed by atoms with Crippen LogP contribution in [0.3, 0.4) is 0 Å². The molecule has 0 aromatic heterocycles. The van der Waals surface area contributed by atoms with Crippen LogP contribution in [0.5, 0.6) is 0 Å². The number of halogens is 7. The Labute approximate surface area is 211 Å². The van der Waals surface area contributed by atoms with Gasteiger partial charge < -0.3 is 10.2 Å². The van der Waals surface area contributed by atoms with Gasteiger partial charge in [-0.15, -0.1) is 12.4 Å². The summed E-state index contributed by atoms with van der Waals surface area (Å²) in [7, 11) is 0. The Balaban J connectivity index is 0.00000432. The number of hydrogen-bond acceptors (Lipinski definition) is 3. The monoisotopic (exact) mass is 545 g/mol. The van der Waals surface area contributed by atoms with Gasteiger partial charge in [0.2, 0.25) is 5.91 Å². The first-order chi connectivity index (χ1) is 16.0. The molecular formula is C23H30ClF6N3OS. The van der Waals surface area contributed by atoms with Crippen LogP contribution in [0.25, 0.3) is 0 Å². The molecule has 3 rings (SSSR count). The topological polar surface area (TPSA) is 44.7 Å². The van der Waals surface area contributed by atoms with Gasteiger partial charge >= 0.3 is 12.4 Å². The van der Waals surface area contributed by atoms with Crippen molar-refractivity contribution in [3.8, 4) is 0 Å². The number of nitrogens with zero attached hydrogens (tertiary/aromatic N) is 2. The van der Waals surface area contributed by atoms with E-state index in [-0.39, 0.29) is 37.0 Å². The predicted octanol–water partition coefficient (Wildman–Crippen LogP) is 7.38. The molecule has 0 spiro atoms. The molecule has 1 saturated heterocycles. The van der Waals surface area contributed by atoms with E-state index in [0.717, 1.165) is 43.7 Å². The highest BCUT2D eigenvalue weighted by Crippen LogP contribution is 2.38. The second-order valence-corrected chi connectivity index (χ2v) is 9.75. The van der Waals surface area contributed by atoms with Gasteiger partial charge in [0.25, 0.3) is 0 Å². The summed E-state index contributed by atoms with van der Waals surface area (Å²) in [6, 6.07) is 1.15. The number of carbonyl (C=O) groups excluding carboxylic acids is 1. The van der Waals surface area contributed by atoms with Crippen LogP contribution in [0, 0.1) is 0 Å². The van der Waals surface area contributed by atoms with Crippen molar-refractivity contribution >= 4 is 40.9 Å². The molecule has 198 valence electrons. The van der Waals surface area contributed by atoms with E-state index in [2.05, 4.69) is 17.1 Å². The first kappa shape index (κ1) is 29.6. The summed E-state index contributed by atoms with van der Waals surface area (Å²) in [6.07, 6.45) is -2.57.